The Morgan fingerprint density at radius 2 is 1.68 bits per heavy atom. The van der Waals surface area contributed by atoms with Crippen molar-refractivity contribution in [1.82, 2.24) is 24.6 Å². The number of aryl methyl sites for hydroxylation is 1. The Kier molecular flexibility index (Phi) is 4.02. The van der Waals surface area contributed by atoms with Crippen molar-refractivity contribution < 1.29 is 5.11 Å². The number of pyridine rings is 2. The fourth-order valence-electron chi connectivity index (χ4n) is 4.10. The zero-order valence-corrected chi connectivity index (χ0v) is 16.1. The molecule has 0 radical (unpaired) electrons. The van der Waals surface area contributed by atoms with Gasteiger partial charge in [-0.3, -0.25) is 9.67 Å². The van der Waals surface area contributed by atoms with Gasteiger partial charge in [-0.2, -0.15) is 5.10 Å². The molecule has 4 aromatic rings. The number of fused-ring (bicyclic) bond motifs is 2. The number of benzene rings is 1. The number of likely N-dealkylation sites (tertiary alicyclic amines) is 1. The summed E-state index contributed by atoms with van der Waals surface area (Å²) in [6, 6.07) is 11.7. The van der Waals surface area contributed by atoms with Crippen LogP contribution < -0.4 is 0 Å². The molecule has 1 saturated heterocycles. The topological polar surface area (TPSA) is 67.1 Å². The van der Waals surface area contributed by atoms with E-state index in [0.29, 0.717) is 11.5 Å². The molecule has 1 aromatic carbocycles. The van der Waals surface area contributed by atoms with Crippen molar-refractivity contribution in [1.29, 1.82) is 0 Å². The normalized spacial score (nSPS) is 16.2. The number of hydrogen-bond donors (Lipinski definition) is 1. The third-order valence-corrected chi connectivity index (χ3v) is 5.71. The minimum atomic E-state index is 0.189. The van der Waals surface area contributed by atoms with Crippen LogP contribution in [0.1, 0.15) is 24.5 Å². The van der Waals surface area contributed by atoms with Crippen LogP contribution in [0, 0.1) is 0 Å². The SMILES string of the molecule is CN1CCC(c2ccc3nc(-c4cc5cn(C)nc5cc4O)ccc3n2)CC1. The third kappa shape index (κ3) is 2.99. The highest BCUT2D eigenvalue weighted by Crippen LogP contribution is 2.33. The molecule has 1 aliphatic heterocycles. The fraction of sp³-hybridized carbons (Fsp3) is 0.318. The predicted octanol–water partition coefficient (Wildman–Crippen LogP) is 3.70. The van der Waals surface area contributed by atoms with Crippen molar-refractivity contribution in [3.63, 3.8) is 0 Å². The van der Waals surface area contributed by atoms with Gasteiger partial charge in [-0.15, -0.1) is 0 Å². The number of phenolic OH excluding ortho intramolecular Hbond substituents is 1. The molecule has 0 amide bonds. The number of piperidine rings is 1. The molecule has 4 heterocycles. The smallest absolute Gasteiger partial charge is 0.127 e. The second-order valence-electron chi connectivity index (χ2n) is 7.78. The van der Waals surface area contributed by atoms with Crippen LogP contribution in [0.5, 0.6) is 5.75 Å². The molecule has 0 bridgehead atoms. The van der Waals surface area contributed by atoms with Gasteiger partial charge in [0.2, 0.25) is 0 Å². The van der Waals surface area contributed by atoms with E-state index in [4.69, 9.17) is 9.97 Å². The van der Waals surface area contributed by atoms with E-state index in [2.05, 4.69) is 29.2 Å². The van der Waals surface area contributed by atoms with Crippen molar-refractivity contribution in [3.8, 4) is 17.0 Å². The van der Waals surface area contributed by atoms with Crippen LogP contribution >= 0.6 is 0 Å². The van der Waals surface area contributed by atoms with E-state index in [1.165, 1.54) is 0 Å². The summed E-state index contributed by atoms with van der Waals surface area (Å²) in [5.41, 5.74) is 5.14. The minimum absolute atomic E-state index is 0.189. The molecule has 0 atom stereocenters. The number of aromatic nitrogens is 4. The van der Waals surface area contributed by atoms with E-state index in [1.807, 2.05) is 31.4 Å². The summed E-state index contributed by atoms with van der Waals surface area (Å²) in [5.74, 6) is 0.714. The second-order valence-corrected chi connectivity index (χ2v) is 7.78. The van der Waals surface area contributed by atoms with Crippen molar-refractivity contribution >= 4 is 21.9 Å². The number of phenols is 1. The maximum Gasteiger partial charge on any atom is 0.127 e. The van der Waals surface area contributed by atoms with Crippen LogP contribution in [0.25, 0.3) is 33.2 Å². The van der Waals surface area contributed by atoms with E-state index in [0.717, 1.165) is 59.3 Å². The molecule has 3 aromatic heterocycles. The highest BCUT2D eigenvalue weighted by molar-refractivity contribution is 5.88. The molecular formula is C22H23N5O. The molecular weight excluding hydrogens is 350 g/mol. The van der Waals surface area contributed by atoms with Gasteiger partial charge in [0.05, 0.1) is 22.2 Å². The molecule has 142 valence electrons. The quantitative estimate of drug-likeness (QED) is 0.580. The fourth-order valence-corrected chi connectivity index (χ4v) is 4.10. The average Bonchev–Trinajstić information content (AvgIpc) is 3.06. The van der Waals surface area contributed by atoms with E-state index in [1.54, 1.807) is 10.7 Å². The largest absolute Gasteiger partial charge is 0.507 e. The predicted molar refractivity (Wildman–Crippen MR) is 110 cm³/mol. The van der Waals surface area contributed by atoms with Crippen LogP contribution in [-0.4, -0.2) is 49.9 Å². The average molecular weight is 373 g/mol. The maximum absolute atomic E-state index is 10.5. The molecule has 0 spiro atoms. The number of hydrogen-bond acceptors (Lipinski definition) is 5. The van der Waals surface area contributed by atoms with Gasteiger partial charge >= 0.3 is 0 Å². The Morgan fingerprint density at radius 1 is 0.929 bits per heavy atom. The highest BCUT2D eigenvalue weighted by Gasteiger charge is 2.20. The molecule has 1 fully saturated rings. The number of aromatic hydroxyl groups is 1. The van der Waals surface area contributed by atoms with Crippen LogP contribution in [0.15, 0.2) is 42.6 Å². The zero-order chi connectivity index (χ0) is 19.3. The Hall–Kier alpha value is -2.99. The van der Waals surface area contributed by atoms with Crippen LogP contribution in [0.2, 0.25) is 0 Å². The van der Waals surface area contributed by atoms with E-state index in [-0.39, 0.29) is 5.75 Å². The zero-order valence-electron chi connectivity index (χ0n) is 16.1. The van der Waals surface area contributed by atoms with E-state index >= 15 is 0 Å². The third-order valence-electron chi connectivity index (χ3n) is 5.71. The van der Waals surface area contributed by atoms with Crippen LogP contribution in [-0.2, 0) is 7.05 Å². The molecule has 0 aliphatic carbocycles. The summed E-state index contributed by atoms with van der Waals surface area (Å²) in [5, 5.41) is 15.8. The Morgan fingerprint density at radius 3 is 2.50 bits per heavy atom. The minimum Gasteiger partial charge on any atom is -0.507 e. The summed E-state index contributed by atoms with van der Waals surface area (Å²) < 4.78 is 1.75. The first kappa shape index (κ1) is 17.1. The van der Waals surface area contributed by atoms with Crippen molar-refractivity contribution in [2.24, 2.45) is 7.05 Å². The van der Waals surface area contributed by atoms with E-state index < -0.39 is 0 Å². The summed E-state index contributed by atoms with van der Waals surface area (Å²) >= 11 is 0. The Balaban J connectivity index is 1.52. The summed E-state index contributed by atoms with van der Waals surface area (Å²) in [6.45, 7) is 2.25. The van der Waals surface area contributed by atoms with Gasteiger partial charge in [0, 0.05) is 41.9 Å². The molecule has 5 rings (SSSR count). The molecule has 0 unspecified atom stereocenters. The molecule has 6 heteroatoms. The van der Waals surface area contributed by atoms with Gasteiger partial charge in [0.15, 0.2) is 0 Å². The Bertz CT molecular complexity index is 1170. The van der Waals surface area contributed by atoms with Crippen LogP contribution in [0.4, 0.5) is 0 Å². The Labute approximate surface area is 163 Å². The van der Waals surface area contributed by atoms with Gasteiger partial charge in [-0.1, -0.05) is 0 Å². The molecule has 6 nitrogen and oxygen atoms in total. The summed E-state index contributed by atoms with van der Waals surface area (Å²) in [7, 11) is 4.05. The van der Waals surface area contributed by atoms with Crippen molar-refractivity contribution in [3.05, 3.63) is 48.3 Å². The van der Waals surface area contributed by atoms with Crippen molar-refractivity contribution in [2.45, 2.75) is 18.8 Å². The number of nitrogens with zero attached hydrogens (tertiary/aromatic N) is 5. The van der Waals surface area contributed by atoms with Gasteiger partial charge in [-0.25, -0.2) is 4.98 Å². The highest BCUT2D eigenvalue weighted by atomic mass is 16.3. The maximum atomic E-state index is 10.5. The lowest BCUT2D eigenvalue weighted by Gasteiger charge is -2.28. The second kappa shape index (κ2) is 6.56. The van der Waals surface area contributed by atoms with Crippen molar-refractivity contribution in [2.75, 3.05) is 20.1 Å². The first-order chi connectivity index (χ1) is 13.6. The van der Waals surface area contributed by atoms with Gasteiger partial charge in [0.1, 0.15) is 5.75 Å². The monoisotopic (exact) mass is 373 g/mol. The van der Waals surface area contributed by atoms with Gasteiger partial charge < -0.3 is 10.0 Å². The first-order valence-electron chi connectivity index (χ1n) is 9.70. The molecule has 28 heavy (non-hydrogen) atoms. The standard InChI is InChI=1S/C22H23N5O/c1-26-9-7-14(8-10-26)17-3-5-20-19(23-17)6-4-18(24-20)16-11-15-13-27(2)25-21(15)12-22(16)28/h3-6,11-14,28H,7-10H2,1-2H3. The van der Waals surface area contributed by atoms with Crippen LogP contribution in [0.3, 0.4) is 0 Å². The molecule has 1 N–H and O–H groups in total. The summed E-state index contributed by atoms with van der Waals surface area (Å²) in [6.07, 6.45) is 4.24. The lowest BCUT2D eigenvalue weighted by molar-refractivity contribution is 0.253. The molecule has 0 saturated carbocycles. The van der Waals surface area contributed by atoms with Gasteiger partial charge in [0.25, 0.3) is 0 Å². The van der Waals surface area contributed by atoms with E-state index in [9.17, 15) is 5.11 Å². The number of rotatable bonds is 2. The summed E-state index contributed by atoms with van der Waals surface area (Å²) in [4.78, 5) is 12.0. The lowest BCUT2D eigenvalue weighted by atomic mass is 9.93. The first-order valence-corrected chi connectivity index (χ1v) is 9.70. The lowest BCUT2D eigenvalue weighted by Crippen LogP contribution is -2.29. The van der Waals surface area contributed by atoms with Gasteiger partial charge in [-0.05, 0) is 63.3 Å². The molecule has 1 aliphatic rings.